The van der Waals surface area contributed by atoms with Crippen LogP contribution in [0.3, 0.4) is 0 Å². The van der Waals surface area contributed by atoms with E-state index >= 15 is 0 Å². The summed E-state index contributed by atoms with van der Waals surface area (Å²) in [6.45, 7) is 4.00. The number of aromatic nitrogens is 4. The number of benzene rings is 1. The summed E-state index contributed by atoms with van der Waals surface area (Å²) in [5, 5.41) is 20.0. The van der Waals surface area contributed by atoms with Gasteiger partial charge in [-0.15, -0.1) is 10.2 Å². The van der Waals surface area contributed by atoms with E-state index in [9.17, 15) is 5.11 Å². The maximum absolute atomic E-state index is 10.2. The van der Waals surface area contributed by atoms with Crippen molar-refractivity contribution >= 4 is 40.7 Å². The second kappa shape index (κ2) is 7.78. The molecule has 9 heteroatoms. The quantitative estimate of drug-likeness (QED) is 0.639. The van der Waals surface area contributed by atoms with E-state index in [-0.39, 0.29) is 6.61 Å². The van der Waals surface area contributed by atoms with Crippen molar-refractivity contribution in [3.63, 3.8) is 0 Å². The van der Waals surface area contributed by atoms with Gasteiger partial charge in [-0.1, -0.05) is 35.0 Å². The van der Waals surface area contributed by atoms with E-state index in [1.165, 1.54) is 11.8 Å². The summed E-state index contributed by atoms with van der Waals surface area (Å²) in [5.41, 5.74) is 1.89. The van der Waals surface area contributed by atoms with Gasteiger partial charge in [0.1, 0.15) is 12.4 Å². The highest BCUT2D eigenvalue weighted by molar-refractivity contribution is 7.99. The Labute approximate surface area is 159 Å². The molecule has 0 saturated heterocycles. The average molecular weight is 399 g/mol. The normalized spacial score (nSPS) is 12.5. The molecule has 3 aromatic rings. The number of ether oxygens (including phenoxy) is 1. The SMILES string of the molecule is Cc1cc(C)n2c(SC[C@H](O)COc3ccc(Cl)cc3Cl)nnc2n1. The smallest absolute Gasteiger partial charge is 0.256 e. The van der Waals surface area contributed by atoms with E-state index in [1.54, 1.807) is 18.2 Å². The lowest BCUT2D eigenvalue weighted by Crippen LogP contribution is -2.20. The summed E-state index contributed by atoms with van der Waals surface area (Å²) >= 11 is 13.3. The van der Waals surface area contributed by atoms with Gasteiger partial charge in [-0.25, -0.2) is 4.98 Å². The van der Waals surface area contributed by atoms with Crippen LogP contribution in [-0.4, -0.2) is 43.2 Å². The van der Waals surface area contributed by atoms with E-state index in [4.69, 9.17) is 27.9 Å². The minimum absolute atomic E-state index is 0.113. The van der Waals surface area contributed by atoms with Crippen LogP contribution in [0.1, 0.15) is 11.4 Å². The Morgan fingerprint density at radius 2 is 2.04 bits per heavy atom. The van der Waals surface area contributed by atoms with Gasteiger partial charge in [0.2, 0.25) is 0 Å². The molecule has 2 aromatic heterocycles. The highest BCUT2D eigenvalue weighted by Gasteiger charge is 2.14. The van der Waals surface area contributed by atoms with Crippen molar-refractivity contribution < 1.29 is 9.84 Å². The standard InChI is InChI=1S/C16H16Cl2N4O2S/c1-9-5-10(2)22-15(19-9)20-21-16(22)25-8-12(23)7-24-14-4-3-11(17)6-13(14)18/h3-6,12,23H,7-8H2,1-2H3/t12-/m1/s1. The molecule has 0 aliphatic rings. The lowest BCUT2D eigenvalue weighted by Gasteiger charge is -2.13. The Morgan fingerprint density at radius 1 is 1.24 bits per heavy atom. The number of thioether (sulfide) groups is 1. The topological polar surface area (TPSA) is 72.5 Å². The lowest BCUT2D eigenvalue weighted by atomic mass is 10.3. The van der Waals surface area contributed by atoms with Crippen LogP contribution in [0, 0.1) is 13.8 Å². The molecule has 0 saturated carbocycles. The number of hydrogen-bond donors (Lipinski definition) is 1. The van der Waals surface area contributed by atoms with Crippen molar-refractivity contribution in [2.75, 3.05) is 12.4 Å². The molecule has 0 spiro atoms. The summed E-state index contributed by atoms with van der Waals surface area (Å²) < 4.78 is 7.40. The van der Waals surface area contributed by atoms with Gasteiger partial charge in [0.25, 0.3) is 5.78 Å². The van der Waals surface area contributed by atoms with Crippen molar-refractivity contribution in [1.29, 1.82) is 0 Å². The molecule has 0 unspecified atom stereocenters. The second-order valence-electron chi connectivity index (χ2n) is 5.51. The van der Waals surface area contributed by atoms with Gasteiger partial charge in [-0.3, -0.25) is 4.40 Å². The van der Waals surface area contributed by atoms with Gasteiger partial charge in [-0.2, -0.15) is 0 Å². The van der Waals surface area contributed by atoms with Crippen LogP contribution in [0.15, 0.2) is 29.4 Å². The number of hydrogen-bond acceptors (Lipinski definition) is 6. The minimum Gasteiger partial charge on any atom is -0.489 e. The van der Waals surface area contributed by atoms with Crippen molar-refractivity contribution in [3.05, 3.63) is 45.7 Å². The molecule has 1 atom stereocenters. The van der Waals surface area contributed by atoms with Crippen LogP contribution in [0.2, 0.25) is 10.0 Å². The largest absolute Gasteiger partial charge is 0.489 e. The molecule has 0 amide bonds. The molecule has 0 aliphatic heterocycles. The fourth-order valence-corrected chi connectivity index (χ4v) is 3.64. The van der Waals surface area contributed by atoms with Gasteiger partial charge in [0, 0.05) is 22.2 Å². The zero-order valence-electron chi connectivity index (χ0n) is 13.6. The van der Waals surface area contributed by atoms with E-state index in [0.717, 1.165) is 11.4 Å². The van der Waals surface area contributed by atoms with E-state index < -0.39 is 6.10 Å². The summed E-state index contributed by atoms with van der Waals surface area (Å²) in [6.07, 6.45) is -0.692. The zero-order chi connectivity index (χ0) is 18.0. The molecule has 1 N–H and O–H groups in total. The van der Waals surface area contributed by atoms with Crippen LogP contribution in [-0.2, 0) is 0 Å². The first-order chi connectivity index (χ1) is 11.9. The first-order valence-corrected chi connectivity index (χ1v) is 9.26. The van der Waals surface area contributed by atoms with Gasteiger partial charge < -0.3 is 9.84 Å². The minimum atomic E-state index is -0.692. The van der Waals surface area contributed by atoms with Crippen LogP contribution >= 0.6 is 35.0 Å². The molecule has 0 aliphatic carbocycles. The van der Waals surface area contributed by atoms with Gasteiger partial charge in [0.15, 0.2) is 5.16 Å². The fraction of sp³-hybridized carbons (Fsp3) is 0.312. The fourth-order valence-electron chi connectivity index (χ4n) is 2.29. The molecule has 0 bridgehead atoms. The summed E-state index contributed by atoms with van der Waals surface area (Å²) in [6, 6.07) is 6.92. The van der Waals surface area contributed by atoms with Crippen molar-refractivity contribution in [1.82, 2.24) is 19.6 Å². The molecule has 1 aromatic carbocycles. The number of aryl methyl sites for hydroxylation is 2. The average Bonchev–Trinajstić information content (AvgIpc) is 2.95. The van der Waals surface area contributed by atoms with Crippen LogP contribution < -0.4 is 4.74 Å². The number of rotatable bonds is 6. The van der Waals surface area contributed by atoms with Crippen LogP contribution in [0.25, 0.3) is 5.78 Å². The Bertz CT molecular complexity index is 903. The van der Waals surface area contributed by atoms with Crippen LogP contribution in [0.5, 0.6) is 5.75 Å². The third-order valence-electron chi connectivity index (χ3n) is 3.39. The molecule has 2 heterocycles. The second-order valence-corrected chi connectivity index (χ2v) is 7.34. The molecular weight excluding hydrogens is 383 g/mol. The number of aliphatic hydroxyl groups is 1. The van der Waals surface area contributed by atoms with Crippen molar-refractivity contribution in [3.8, 4) is 5.75 Å². The highest BCUT2D eigenvalue weighted by Crippen LogP contribution is 2.28. The first kappa shape index (κ1) is 18.3. The molecule has 0 radical (unpaired) electrons. The zero-order valence-corrected chi connectivity index (χ0v) is 15.9. The van der Waals surface area contributed by atoms with Crippen LogP contribution in [0.4, 0.5) is 0 Å². The lowest BCUT2D eigenvalue weighted by molar-refractivity contribution is 0.126. The highest BCUT2D eigenvalue weighted by atomic mass is 35.5. The molecular formula is C16H16Cl2N4O2S. The summed E-state index contributed by atoms with van der Waals surface area (Å²) in [4.78, 5) is 4.34. The predicted molar refractivity (Wildman–Crippen MR) is 98.9 cm³/mol. The monoisotopic (exact) mass is 398 g/mol. The van der Waals surface area contributed by atoms with Gasteiger partial charge in [0.05, 0.1) is 11.1 Å². The van der Waals surface area contributed by atoms with E-state index in [0.29, 0.717) is 32.5 Å². The summed E-state index contributed by atoms with van der Waals surface area (Å²) in [7, 11) is 0. The Kier molecular flexibility index (Phi) is 5.68. The maximum Gasteiger partial charge on any atom is 0.256 e. The van der Waals surface area contributed by atoms with E-state index in [1.807, 2.05) is 24.3 Å². The molecule has 3 rings (SSSR count). The molecule has 0 fully saturated rings. The molecule has 6 nitrogen and oxygen atoms in total. The van der Waals surface area contributed by atoms with Crippen molar-refractivity contribution in [2.24, 2.45) is 0 Å². The van der Waals surface area contributed by atoms with Gasteiger partial charge >= 0.3 is 0 Å². The summed E-state index contributed by atoms with van der Waals surface area (Å²) in [5.74, 6) is 1.44. The number of fused-ring (bicyclic) bond motifs is 1. The third kappa shape index (κ3) is 4.36. The van der Waals surface area contributed by atoms with Gasteiger partial charge in [-0.05, 0) is 38.1 Å². The maximum atomic E-state index is 10.2. The number of nitrogens with zero attached hydrogens (tertiary/aromatic N) is 4. The molecule has 132 valence electrons. The number of aliphatic hydroxyl groups excluding tert-OH is 1. The molecule has 25 heavy (non-hydrogen) atoms. The number of halogens is 2. The van der Waals surface area contributed by atoms with Crippen molar-refractivity contribution in [2.45, 2.75) is 25.1 Å². The third-order valence-corrected chi connectivity index (χ3v) is 5.00. The predicted octanol–water partition coefficient (Wildman–Crippen LogP) is 3.58. The Morgan fingerprint density at radius 3 is 2.80 bits per heavy atom. The Hall–Kier alpha value is -1.54. The first-order valence-electron chi connectivity index (χ1n) is 7.52. The Balaban J connectivity index is 1.60. The van der Waals surface area contributed by atoms with E-state index in [2.05, 4.69) is 15.2 Å².